The molecule has 0 spiro atoms. The first-order chi connectivity index (χ1) is 9.47. The van der Waals surface area contributed by atoms with Crippen LogP contribution in [0.15, 0.2) is 40.2 Å². The summed E-state index contributed by atoms with van der Waals surface area (Å²) in [5.74, 6) is 0.242. The van der Waals surface area contributed by atoms with Gasteiger partial charge in [-0.1, -0.05) is 47.3 Å². The largest absolute Gasteiger partial charge is 0.224 e. The fourth-order valence-corrected chi connectivity index (χ4v) is 4.31. The molecule has 0 unspecified atom stereocenters. The Bertz CT molecular complexity index is 535. The van der Waals surface area contributed by atoms with E-state index in [0.717, 1.165) is 48.6 Å². The zero-order chi connectivity index (χ0) is 15.0. The summed E-state index contributed by atoms with van der Waals surface area (Å²) in [5.41, 5.74) is 0.819. The molecule has 0 saturated heterocycles. The Morgan fingerprint density at radius 3 is 2.50 bits per heavy atom. The van der Waals surface area contributed by atoms with Gasteiger partial charge in [0.25, 0.3) is 0 Å². The third-order valence-corrected chi connectivity index (χ3v) is 5.74. The summed E-state index contributed by atoms with van der Waals surface area (Å²) in [7, 11) is -3.16. The molecule has 1 aromatic carbocycles. The van der Waals surface area contributed by atoms with Crippen LogP contribution < -0.4 is 0 Å². The summed E-state index contributed by atoms with van der Waals surface area (Å²) in [4.78, 5) is 0.457. The van der Waals surface area contributed by atoms with E-state index in [1.54, 1.807) is 6.07 Å². The van der Waals surface area contributed by atoms with Gasteiger partial charge < -0.3 is 0 Å². The molecule has 20 heavy (non-hydrogen) atoms. The van der Waals surface area contributed by atoms with Crippen molar-refractivity contribution in [3.05, 3.63) is 40.9 Å². The normalized spacial score (nSPS) is 11.5. The van der Waals surface area contributed by atoms with Gasteiger partial charge >= 0.3 is 0 Å². The Morgan fingerprint density at radius 1 is 1.15 bits per heavy atom. The molecule has 4 heteroatoms. The van der Waals surface area contributed by atoms with Crippen LogP contribution in [0, 0.1) is 6.92 Å². The summed E-state index contributed by atoms with van der Waals surface area (Å²) >= 11 is 3.33. The van der Waals surface area contributed by atoms with Gasteiger partial charge in [-0.15, -0.1) is 6.58 Å². The van der Waals surface area contributed by atoms with Crippen molar-refractivity contribution in [2.24, 2.45) is 0 Å². The fraction of sp³-hybridized carbons (Fsp3) is 0.500. The van der Waals surface area contributed by atoms with Crippen molar-refractivity contribution in [1.29, 1.82) is 0 Å². The maximum atomic E-state index is 12.3. The number of rotatable bonds is 9. The first kappa shape index (κ1) is 17.4. The zero-order valence-corrected chi connectivity index (χ0v) is 14.5. The maximum Gasteiger partial charge on any atom is 0.178 e. The number of allylic oxidation sites excluding steroid dienone is 1. The molecular formula is C16H23BrO2S. The van der Waals surface area contributed by atoms with Gasteiger partial charge in [-0.3, -0.25) is 0 Å². The summed E-state index contributed by atoms with van der Waals surface area (Å²) in [6.45, 7) is 5.53. The van der Waals surface area contributed by atoms with E-state index in [4.69, 9.17) is 0 Å². The Balaban J connectivity index is 2.46. The number of aryl methyl sites for hydroxylation is 1. The van der Waals surface area contributed by atoms with E-state index in [2.05, 4.69) is 22.5 Å². The van der Waals surface area contributed by atoms with E-state index in [1.807, 2.05) is 25.1 Å². The van der Waals surface area contributed by atoms with Gasteiger partial charge in [-0.25, -0.2) is 8.42 Å². The van der Waals surface area contributed by atoms with E-state index in [0.29, 0.717) is 4.90 Å². The van der Waals surface area contributed by atoms with Gasteiger partial charge in [0.15, 0.2) is 9.84 Å². The van der Waals surface area contributed by atoms with E-state index in [9.17, 15) is 8.42 Å². The van der Waals surface area contributed by atoms with Gasteiger partial charge in [-0.05, 0) is 43.9 Å². The lowest BCUT2D eigenvalue weighted by atomic mass is 10.1. The minimum atomic E-state index is -3.16. The Morgan fingerprint density at radius 2 is 1.80 bits per heavy atom. The first-order valence-electron chi connectivity index (χ1n) is 7.07. The van der Waals surface area contributed by atoms with Crippen LogP contribution >= 0.6 is 15.9 Å². The van der Waals surface area contributed by atoms with Crippen molar-refractivity contribution in [2.75, 3.05) is 5.75 Å². The lowest BCUT2D eigenvalue weighted by molar-refractivity contribution is 0.584. The van der Waals surface area contributed by atoms with Crippen molar-refractivity contribution in [2.45, 2.75) is 50.3 Å². The zero-order valence-electron chi connectivity index (χ0n) is 12.1. The molecule has 0 aliphatic rings. The standard InChI is InChI=1S/C16H23BrO2S/c1-3-4-5-6-7-8-9-12-20(18,19)16-13-15(17)11-10-14(16)2/h3,10-11,13H,1,4-9,12H2,2H3. The number of benzene rings is 1. The number of unbranched alkanes of at least 4 members (excludes halogenated alkanes) is 5. The van der Waals surface area contributed by atoms with Crippen LogP contribution in [0.4, 0.5) is 0 Å². The van der Waals surface area contributed by atoms with Gasteiger partial charge in [0.1, 0.15) is 0 Å². The lowest BCUT2D eigenvalue weighted by Crippen LogP contribution is -2.08. The minimum Gasteiger partial charge on any atom is -0.224 e. The first-order valence-corrected chi connectivity index (χ1v) is 9.51. The highest BCUT2D eigenvalue weighted by Crippen LogP contribution is 2.22. The van der Waals surface area contributed by atoms with Crippen LogP contribution in [-0.4, -0.2) is 14.2 Å². The van der Waals surface area contributed by atoms with Crippen molar-refractivity contribution >= 4 is 25.8 Å². The second kappa shape index (κ2) is 8.63. The maximum absolute atomic E-state index is 12.3. The Kier molecular flexibility index (Phi) is 7.52. The van der Waals surface area contributed by atoms with Crippen molar-refractivity contribution < 1.29 is 8.42 Å². The van der Waals surface area contributed by atoms with E-state index in [1.165, 1.54) is 0 Å². The summed E-state index contributed by atoms with van der Waals surface area (Å²) in [6.07, 6.45) is 8.10. The summed E-state index contributed by atoms with van der Waals surface area (Å²) in [6, 6.07) is 5.41. The van der Waals surface area contributed by atoms with Crippen LogP contribution in [0.5, 0.6) is 0 Å². The average molecular weight is 359 g/mol. The molecule has 1 aromatic rings. The SMILES string of the molecule is C=CCCCCCCCS(=O)(=O)c1cc(Br)ccc1C. The molecule has 0 radical (unpaired) electrons. The van der Waals surface area contributed by atoms with E-state index >= 15 is 0 Å². The van der Waals surface area contributed by atoms with Crippen molar-refractivity contribution in [3.63, 3.8) is 0 Å². The van der Waals surface area contributed by atoms with Gasteiger partial charge in [0, 0.05) is 4.47 Å². The third-order valence-electron chi connectivity index (χ3n) is 3.31. The minimum absolute atomic E-state index is 0.242. The molecule has 1 rings (SSSR count). The summed E-state index contributed by atoms with van der Waals surface area (Å²) < 4.78 is 25.4. The van der Waals surface area contributed by atoms with Crippen LogP contribution in [0.1, 0.15) is 44.1 Å². The van der Waals surface area contributed by atoms with Crippen LogP contribution in [-0.2, 0) is 9.84 Å². The number of halogens is 1. The molecule has 0 amide bonds. The molecule has 0 aromatic heterocycles. The third kappa shape index (κ3) is 5.80. The lowest BCUT2D eigenvalue weighted by Gasteiger charge is -2.08. The molecule has 112 valence electrons. The highest BCUT2D eigenvalue weighted by Gasteiger charge is 2.16. The van der Waals surface area contributed by atoms with Gasteiger partial charge in [-0.2, -0.15) is 0 Å². The second-order valence-corrected chi connectivity index (χ2v) is 8.07. The number of hydrogen-bond donors (Lipinski definition) is 0. The number of hydrogen-bond acceptors (Lipinski definition) is 2. The topological polar surface area (TPSA) is 34.1 Å². The average Bonchev–Trinajstić information content (AvgIpc) is 2.40. The Labute approximate surface area is 131 Å². The van der Waals surface area contributed by atoms with Gasteiger partial charge in [0.2, 0.25) is 0 Å². The Hall–Kier alpha value is -0.610. The molecule has 0 N–H and O–H groups in total. The monoisotopic (exact) mass is 358 g/mol. The quantitative estimate of drug-likeness (QED) is 0.456. The molecule has 0 saturated carbocycles. The molecule has 0 atom stereocenters. The molecule has 0 aliphatic heterocycles. The van der Waals surface area contributed by atoms with Crippen molar-refractivity contribution in [3.8, 4) is 0 Å². The van der Waals surface area contributed by atoms with Crippen LogP contribution in [0.3, 0.4) is 0 Å². The van der Waals surface area contributed by atoms with E-state index in [-0.39, 0.29) is 5.75 Å². The predicted molar refractivity (Wildman–Crippen MR) is 88.8 cm³/mol. The van der Waals surface area contributed by atoms with Crippen LogP contribution in [0.25, 0.3) is 0 Å². The second-order valence-electron chi connectivity index (χ2n) is 5.07. The molecule has 0 aliphatic carbocycles. The fourth-order valence-electron chi connectivity index (χ4n) is 2.13. The smallest absolute Gasteiger partial charge is 0.178 e. The van der Waals surface area contributed by atoms with E-state index < -0.39 is 9.84 Å². The molecule has 2 nitrogen and oxygen atoms in total. The van der Waals surface area contributed by atoms with Crippen LogP contribution in [0.2, 0.25) is 0 Å². The highest BCUT2D eigenvalue weighted by molar-refractivity contribution is 9.10. The molecule has 0 fully saturated rings. The van der Waals surface area contributed by atoms with Gasteiger partial charge in [0.05, 0.1) is 10.6 Å². The number of sulfone groups is 1. The van der Waals surface area contributed by atoms with Crippen molar-refractivity contribution in [1.82, 2.24) is 0 Å². The molecule has 0 bridgehead atoms. The highest BCUT2D eigenvalue weighted by atomic mass is 79.9. The molecule has 0 heterocycles. The molecular weight excluding hydrogens is 336 g/mol. The predicted octanol–water partition coefficient (Wildman–Crippen LogP) is 5.06. The summed E-state index contributed by atoms with van der Waals surface area (Å²) in [5, 5.41) is 0.